The first-order chi connectivity index (χ1) is 27.7. The molecule has 1 aliphatic rings. The number of likely N-dealkylation sites (tertiary alicyclic amines) is 1. The third-order valence-electron chi connectivity index (χ3n) is 9.77. The van der Waals surface area contributed by atoms with Crippen LogP contribution in [0.4, 0.5) is 3.89 Å². The highest BCUT2D eigenvalue weighted by Gasteiger charge is 2.32. The van der Waals surface area contributed by atoms with Gasteiger partial charge in [0.1, 0.15) is 17.8 Å². The highest BCUT2D eigenvalue weighted by Crippen LogP contribution is 2.18. The van der Waals surface area contributed by atoms with Gasteiger partial charge in [0.15, 0.2) is 0 Å². The summed E-state index contributed by atoms with van der Waals surface area (Å²) in [7, 11) is -4.17. The molecule has 1 aliphatic heterocycles. The first-order valence-electron chi connectivity index (χ1n) is 20.2. The Kier molecular flexibility index (Phi) is 20.7. The van der Waals surface area contributed by atoms with Crippen LogP contribution >= 0.6 is 0 Å². The van der Waals surface area contributed by atoms with Crippen molar-refractivity contribution >= 4 is 47.5 Å². The summed E-state index contributed by atoms with van der Waals surface area (Å²) in [6.45, 7) is 8.81. The summed E-state index contributed by atoms with van der Waals surface area (Å²) in [5.74, 6) is -2.27. The summed E-state index contributed by atoms with van der Waals surface area (Å²) >= 11 is 0. The monoisotopic (exact) mass is 829 g/mol. The molecular weight excluding hydrogens is 770 g/mol. The van der Waals surface area contributed by atoms with E-state index in [2.05, 4.69) is 44.2 Å². The number of carbonyl (C=O) groups is 5. The van der Waals surface area contributed by atoms with E-state index in [-0.39, 0.29) is 54.9 Å². The average Bonchev–Trinajstić information content (AvgIpc) is 3.67. The quantitative estimate of drug-likeness (QED) is 0.0533. The molecule has 0 aliphatic carbocycles. The van der Waals surface area contributed by atoms with E-state index >= 15 is 0 Å². The summed E-state index contributed by atoms with van der Waals surface area (Å²) in [6.07, 6.45) is 7.27. The van der Waals surface area contributed by atoms with Gasteiger partial charge in [0.25, 0.3) is 5.91 Å². The van der Waals surface area contributed by atoms with E-state index in [0.717, 1.165) is 52.7 Å². The Labute approximate surface area is 342 Å². The average molecular weight is 830 g/mol. The maximum atomic E-state index is 13.5. The summed E-state index contributed by atoms with van der Waals surface area (Å²) in [4.78, 5) is 68.9. The zero-order valence-electron chi connectivity index (χ0n) is 33.8. The molecule has 0 saturated carbocycles. The van der Waals surface area contributed by atoms with Crippen molar-refractivity contribution < 1.29 is 45.5 Å². The number of hydrogen-bond acceptors (Lipinski definition) is 10. The number of nitrogens with zero attached hydrogens (tertiary/aromatic N) is 2. The zero-order chi connectivity index (χ0) is 42.5. The minimum atomic E-state index is -5.17. The van der Waals surface area contributed by atoms with E-state index in [1.54, 1.807) is 36.1 Å². The van der Waals surface area contributed by atoms with Crippen LogP contribution in [0.25, 0.3) is 0 Å². The maximum absolute atomic E-state index is 13.5. The van der Waals surface area contributed by atoms with Crippen molar-refractivity contribution in [3.63, 3.8) is 0 Å². The van der Waals surface area contributed by atoms with Crippen molar-refractivity contribution in [2.45, 2.75) is 116 Å². The topological polar surface area (TPSA) is 204 Å². The van der Waals surface area contributed by atoms with Gasteiger partial charge in [0, 0.05) is 37.6 Å². The lowest BCUT2D eigenvalue weighted by molar-refractivity contribution is -0.132. The first-order valence-corrected chi connectivity index (χ1v) is 21.5. The lowest BCUT2D eigenvalue weighted by atomic mass is 9.86. The van der Waals surface area contributed by atoms with Crippen LogP contribution in [-0.4, -0.2) is 111 Å². The van der Waals surface area contributed by atoms with Crippen molar-refractivity contribution in [2.24, 2.45) is 0 Å². The van der Waals surface area contributed by atoms with Crippen LogP contribution in [0, 0.1) is 0 Å². The normalized spacial score (nSPS) is 15.0. The fourth-order valence-corrected chi connectivity index (χ4v) is 7.04. The molecule has 5 amide bonds. The molecule has 1 fully saturated rings. The van der Waals surface area contributed by atoms with Crippen molar-refractivity contribution in [1.82, 2.24) is 31.1 Å². The van der Waals surface area contributed by atoms with Crippen molar-refractivity contribution in [3.8, 4) is 5.75 Å². The van der Waals surface area contributed by atoms with Crippen LogP contribution in [0.2, 0.25) is 0 Å². The van der Waals surface area contributed by atoms with E-state index in [0.29, 0.717) is 50.0 Å². The fourth-order valence-electron chi connectivity index (χ4n) is 6.70. The Morgan fingerprint density at radius 3 is 2.40 bits per heavy atom. The largest absolute Gasteiger partial charge is 0.488 e. The summed E-state index contributed by atoms with van der Waals surface area (Å²) in [5.41, 5.74) is 1.56. The number of amides is 5. The molecule has 0 spiro atoms. The minimum Gasteiger partial charge on any atom is -0.452 e. The Balaban J connectivity index is 1.58. The zero-order valence-corrected chi connectivity index (χ0v) is 34.7. The van der Waals surface area contributed by atoms with Crippen molar-refractivity contribution in [3.05, 3.63) is 65.2 Å². The third-order valence-corrected chi connectivity index (χ3v) is 10.2. The van der Waals surface area contributed by atoms with Crippen LogP contribution in [0.15, 0.2) is 48.5 Å². The third kappa shape index (κ3) is 17.5. The Bertz CT molecular complexity index is 1750. The highest BCUT2D eigenvalue weighted by molar-refractivity contribution is 7.81. The Morgan fingerprint density at radius 2 is 1.71 bits per heavy atom. The van der Waals surface area contributed by atoms with E-state index in [9.17, 15) is 41.3 Å². The molecule has 2 aromatic rings. The number of aryl methyl sites for hydroxylation is 1. The number of benzene rings is 2. The molecule has 3 unspecified atom stereocenters. The van der Waals surface area contributed by atoms with Crippen LogP contribution in [0.3, 0.4) is 0 Å². The molecule has 1 saturated heterocycles. The summed E-state index contributed by atoms with van der Waals surface area (Å²) in [6, 6.07) is 10.4. The second kappa shape index (κ2) is 25.1. The van der Waals surface area contributed by atoms with Gasteiger partial charge in [-0.05, 0) is 107 Å². The number of nitrogens with one attached hydrogen (secondary N) is 4. The molecule has 319 valence electrons. The van der Waals surface area contributed by atoms with Gasteiger partial charge in [-0.2, -0.15) is 8.42 Å². The van der Waals surface area contributed by atoms with Gasteiger partial charge < -0.3 is 35.4 Å². The van der Waals surface area contributed by atoms with Crippen LogP contribution in [0.1, 0.15) is 106 Å². The molecule has 0 bridgehead atoms. The molecule has 2 aromatic carbocycles. The van der Waals surface area contributed by atoms with E-state index < -0.39 is 40.3 Å². The number of carbonyl (C=O) groups excluding carboxylic acids is 5. The van der Waals surface area contributed by atoms with E-state index in [1.165, 1.54) is 24.3 Å². The molecule has 58 heavy (non-hydrogen) atoms. The Hall–Kier alpha value is -4.55. The fraction of sp³-hybridized carbons (Fsp3) is 0.575. The number of rotatable bonds is 26. The van der Waals surface area contributed by atoms with Crippen LogP contribution in [-0.2, 0) is 42.6 Å². The summed E-state index contributed by atoms with van der Waals surface area (Å²) < 4.78 is 38.6. The molecule has 3 atom stereocenters. The SMILES string of the molecule is CCCCCN(CCC)CC(=O)NCCCCC(NC(=O)CCc1ccc(OS(=O)(=O)F)cc1)C(=O)NCc1cccc(C(=O)NC(C)C(=O)N2CCCC2[B]O)c1. The number of halogens is 1. The van der Waals surface area contributed by atoms with Gasteiger partial charge in [-0.3, -0.25) is 28.9 Å². The second-order valence-corrected chi connectivity index (χ2v) is 15.5. The predicted octanol–water partition coefficient (Wildman–Crippen LogP) is 2.88. The second-order valence-electron chi connectivity index (χ2n) is 14.6. The lowest BCUT2D eigenvalue weighted by Crippen LogP contribution is -2.50. The number of hydrogen-bond donors (Lipinski definition) is 5. The summed E-state index contributed by atoms with van der Waals surface area (Å²) in [5, 5.41) is 20.8. The van der Waals surface area contributed by atoms with Crippen molar-refractivity contribution in [1.29, 1.82) is 0 Å². The molecule has 15 nitrogen and oxygen atoms in total. The van der Waals surface area contributed by atoms with Crippen LogP contribution in [0.5, 0.6) is 5.75 Å². The molecule has 3 rings (SSSR count). The minimum absolute atomic E-state index is 0.00270. The van der Waals surface area contributed by atoms with E-state index in [4.69, 9.17) is 0 Å². The highest BCUT2D eigenvalue weighted by atomic mass is 32.3. The molecule has 1 radical (unpaired) electrons. The van der Waals surface area contributed by atoms with Gasteiger partial charge in [0.2, 0.25) is 23.6 Å². The molecule has 0 aromatic heterocycles. The smallest absolute Gasteiger partial charge is 0.452 e. The number of unbranched alkanes of at least 4 members (excludes halogenated alkanes) is 3. The molecular formula is C40H59BFN6O9S. The van der Waals surface area contributed by atoms with Crippen LogP contribution < -0.4 is 25.5 Å². The van der Waals surface area contributed by atoms with Gasteiger partial charge in [-0.25, -0.2) is 0 Å². The van der Waals surface area contributed by atoms with E-state index in [1.807, 2.05) is 0 Å². The van der Waals surface area contributed by atoms with Gasteiger partial charge >= 0.3 is 18.0 Å². The predicted molar refractivity (Wildman–Crippen MR) is 218 cm³/mol. The van der Waals surface area contributed by atoms with Crippen molar-refractivity contribution in [2.75, 3.05) is 32.7 Å². The Morgan fingerprint density at radius 1 is 0.948 bits per heavy atom. The standard InChI is InChI=1S/C40H59BFN6O9S/c1-4-6-9-24-47(23-5-2)28-37(50)43-22-8-7-14-34(46-36(49)21-18-30-16-19-33(20-17-30)57-58(42,55)56)39(52)44-27-31-12-10-13-32(26-31)38(51)45-29(3)40(53)48-25-11-15-35(48)41-54/h10,12-13,16-17,19-20,26,29,34-35,54H,4-9,11,14-15,18,21-25,27-28H2,1-3H3,(H,43,50)(H,44,52)(H,45,51)(H,46,49). The molecule has 18 heteroatoms. The van der Waals surface area contributed by atoms with Gasteiger partial charge in [-0.15, -0.1) is 0 Å². The van der Waals surface area contributed by atoms with Gasteiger partial charge in [-0.1, -0.05) is 54.8 Å². The first kappa shape index (κ1) is 47.8. The van der Waals surface area contributed by atoms with Gasteiger partial charge in [0.05, 0.1) is 6.54 Å². The lowest BCUT2D eigenvalue weighted by Gasteiger charge is -2.26. The maximum Gasteiger partial charge on any atom is 0.488 e. The molecule has 5 N–H and O–H groups in total. The molecule has 1 heterocycles.